The van der Waals surface area contributed by atoms with Gasteiger partial charge in [0, 0.05) is 30.3 Å². The summed E-state index contributed by atoms with van der Waals surface area (Å²) in [6.07, 6.45) is 26.1. The second-order valence-corrected chi connectivity index (χ2v) is 20.5. The first-order chi connectivity index (χ1) is 29.6. The fourth-order valence-electron chi connectivity index (χ4n) is 11.2. The Bertz CT molecular complexity index is 2130. The molecule has 0 atom stereocenters. The van der Waals surface area contributed by atoms with Gasteiger partial charge in [0.05, 0.1) is 0 Å². The van der Waals surface area contributed by atoms with E-state index in [2.05, 4.69) is 137 Å². The summed E-state index contributed by atoms with van der Waals surface area (Å²) in [6.45, 7) is 9.34. The molecular weight excluding hydrogens is 761 g/mol. The molecule has 0 N–H and O–H groups in total. The molecule has 8 rings (SSSR count). The summed E-state index contributed by atoms with van der Waals surface area (Å²) in [5.41, 5.74) is 15.3. The Kier molecular flexibility index (Phi) is 14.3. The number of thiophene rings is 2. The number of unbranched alkanes of at least 4 members (excludes halogenated alkanes) is 12. The van der Waals surface area contributed by atoms with E-state index in [0.29, 0.717) is 0 Å². The lowest BCUT2D eigenvalue weighted by molar-refractivity contribution is 0.401. The summed E-state index contributed by atoms with van der Waals surface area (Å²) in [7, 11) is 0. The molecule has 0 nitrogen and oxygen atoms in total. The Morgan fingerprint density at radius 1 is 0.317 bits per heavy atom. The molecule has 2 aromatic heterocycles. The topological polar surface area (TPSA) is 0 Å². The summed E-state index contributed by atoms with van der Waals surface area (Å²) < 4.78 is 0. The van der Waals surface area contributed by atoms with Gasteiger partial charge in [-0.15, -0.1) is 22.7 Å². The molecule has 2 heterocycles. The van der Waals surface area contributed by atoms with Crippen molar-refractivity contribution in [2.24, 2.45) is 0 Å². The van der Waals surface area contributed by atoms with Crippen molar-refractivity contribution >= 4 is 22.7 Å². The smallest absolute Gasteiger partial charge is 0.0449 e. The van der Waals surface area contributed by atoms with Crippen molar-refractivity contribution < 1.29 is 0 Å². The van der Waals surface area contributed by atoms with Gasteiger partial charge in [-0.3, -0.25) is 0 Å². The third-order valence-corrected chi connectivity index (χ3v) is 16.9. The summed E-state index contributed by atoms with van der Waals surface area (Å²) >= 11 is 3.95. The molecule has 0 aliphatic heterocycles. The van der Waals surface area contributed by atoms with Crippen LogP contribution in [0.5, 0.6) is 0 Å². The van der Waals surface area contributed by atoms with E-state index in [1.165, 1.54) is 181 Å². The van der Waals surface area contributed by atoms with Gasteiger partial charge in [-0.2, -0.15) is 0 Å². The molecule has 0 bridgehead atoms. The zero-order chi connectivity index (χ0) is 41.4. The number of hydrogen-bond acceptors (Lipinski definition) is 2. The SMILES string of the molecule is CCCCCCC1(CCCCCC)c2ccccc2-c2ccc(-c3ccc(-c4ccc(-c5ccc6c(c5)C(CCCCCC)(CCCCCC)c5ccccc5-6)s4)s3)cc21. The molecule has 2 aliphatic rings. The zero-order valence-electron chi connectivity index (χ0n) is 37.4. The molecule has 2 heteroatoms. The Morgan fingerprint density at radius 2 is 0.650 bits per heavy atom. The van der Waals surface area contributed by atoms with Crippen molar-refractivity contribution in [1.82, 2.24) is 0 Å². The molecule has 0 fully saturated rings. The van der Waals surface area contributed by atoms with Gasteiger partial charge >= 0.3 is 0 Å². The lowest BCUT2D eigenvalue weighted by Gasteiger charge is -2.33. The van der Waals surface area contributed by atoms with Gasteiger partial charge in [0.1, 0.15) is 0 Å². The third-order valence-electron chi connectivity index (χ3n) is 14.4. The van der Waals surface area contributed by atoms with Gasteiger partial charge in [-0.1, -0.05) is 203 Å². The molecule has 0 unspecified atom stereocenters. The molecule has 60 heavy (non-hydrogen) atoms. The van der Waals surface area contributed by atoms with E-state index in [4.69, 9.17) is 0 Å². The minimum Gasteiger partial charge on any atom is -0.134 e. The maximum absolute atomic E-state index is 2.61. The van der Waals surface area contributed by atoms with Crippen molar-refractivity contribution in [3.05, 3.63) is 131 Å². The number of rotatable bonds is 23. The second kappa shape index (κ2) is 20.0. The van der Waals surface area contributed by atoms with E-state index < -0.39 is 0 Å². The Morgan fingerprint density at radius 3 is 1.02 bits per heavy atom. The lowest BCUT2D eigenvalue weighted by Crippen LogP contribution is -2.25. The average molecular weight is 831 g/mol. The molecule has 0 amide bonds. The molecule has 0 saturated heterocycles. The quantitative estimate of drug-likeness (QED) is 0.0564. The van der Waals surface area contributed by atoms with Gasteiger partial charge in [0.15, 0.2) is 0 Å². The fourth-order valence-corrected chi connectivity index (χ4v) is 13.3. The monoisotopic (exact) mass is 830 g/mol. The Hall–Kier alpha value is -3.72. The molecular formula is C58H70S2. The summed E-state index contributed by atoms with van der Waals surface area (Å²) in [4.78, 5) is 5.53. The van der Waals surface area contributed by atoms with Crippen molar-refractivity contribution in [1.29, 1.82) is 0 Å². The van der Waals surface area contributed by atoms with Crippen LogP contribution in [0.15, 0.2) is 109 Å². The van der Waals surface area contributed by atoms with E-state index in [1.54, 1.807) is 22.3 Å². The lowest BCUT2D eigenvalue weighted by atomic mass is 9.70. The first-order valence-electron chi connectivity index (χ1n) is 24.3. The second-order valence-electron chi connectivity index (χ2n) is 18.3. The van der Waals surface area contributed by atoms with Crippen LogP contribution in [-0.2, 0) is 10.8 Å². The summed E-state index contributed by atoms with van der Waals surface area (Å²) in [5.74, 6) is 0. The van der Waals surface area contributed by atoms with Crippen LogP contribution in [0.1, 0.15) is 178 Å². The molecule has 0 spiro atoms. The molecule has 0 saturated carbocycles. The predicted octanol–water partition coefficient (Wildman–Crippen LogP) is 19.2. The number of hydrogen-bond donors (Lipinski definition) is 0. The van der Waals surface area contributed by atoms with E-state index in [0.717, 1.165) is 0 Å². The Labute approximate surface area is 371 Å². The van der Waals surface area contributed by atoms with E-state index in [9.17, 15) is 0 Å². The van der Waals surface area contributed by atoms with Crippen LogP contribution >= 0.6 is 22.7 Å². The van der Waals surface area contributed by atoms with Gasteiger partial charge in [0.25, 0.3) is 0 Å². The highest BCUT2D eigenvalue weighted by Gasteiger charge is 2.43. The maximum atomic E-state index is 2.61. The number of fused-ring (bicyclic) bond motifs is 6. The van der Waals surface area contributed by atoms with Crippen molar-refractivity contribution in [3.63, 3.8) is 0 Å². The van der Waals surface area contributed by atoms with Crippen LogP contribution in [-0.4, -0.2) is 0 Å². The normalized spacial score (nSPS) is 14.3. The highest BCUT2D eigenvalue weighted by Crippen LogP contribution is 2.57. The molecule has 0 radical (unpaired) electrons. The highest BCUT2D eigenvalue weighted by molar-refractivity contribution is 7.25. The van der Waals surface area contributed by atoms with E-state index in [-0.39, 0.29) is 10.8 Å². The first kappa shape index (κ1) is 42.9. The predicted molar refractivity (Wildman–Crippen MR) is 266 cm³/mol. The van der Waals surface area contributed by atoms with Crippen LogP contribution in [0.2, 0.25) is 0 Å². The van der Waals surface area contributed by atoms with Gasteiger partial charge in [0.2, 0.25) is 0 Å². The van der Waals surface area contributed by atoms with Crippen LogP contribution in [0.4, 0.5) is 0 Å². The first-order valence-corrected chi connectivity index (χ1v) is 25.9. The summed E-state index contributed by atoms with van der Waals surface area (Å²) in [6, 6.07) is 43.4. The Balaban J connectivity index is 1.09. The van der Waals surface area contributed by atoms with Crippen LogP contribution in [0.3, 0.4) is 0 Å². The number of benzene rings is 4. The third kappa shape index (κ3) is 8.55. The van der Waals surface area contributed by atoms with E-state index >= 15 is 0 Å². The molecule has 4 aromatic carbocycles. The van der Waals surface area contributed by atoms with Crippen molar-refractivity contribution in [2.75, 3.05) is 0 Å². The summed E-state index contributed by atoms with van der Waals surface area (Å²) in [5, 5.41) is 0. The highest BCUT2D eigenvalue weighted by atomic mass is 32.1. The fraction of sp³-hybridized carbons (Fsp3) is 0.448. The van der Waals surface area contributed by atoms with Crippen LogP contribution in [0, 0.1) is 0 Å². The van der Waals surface area contributed by atoms with Gasteiger partial charge in [-0.25, -0.2) is 0 Å². The largest absolute Gasteiger partial charge is 0.134 e. The molecule has 2 aliphatic carbocycles. The maximum Gasteiger partial charge on any atom is 0.0449 e. The average Bonchev–Trinajstić information content (AvgIpc) is 4.08. The van der Waals surface area contributed by atoms with Crippen molar-refractivity contribution in [2.45, 2.75) is 167 Å². The zero-order valence-corrected chi connectivity index (χ0v) is 39.0. The molecule has 314 valence electrons. The van der Waals surface area contributed by atoms with Crippen LogP contribution in [0.25, 0.3) is 52.9 Å². The minimum atomic E-state index is 0.117. The molecule has 6 aromatic rings. The van der Waals surface area contributed by atoms with E-state index in [1.807, 2.05) is 22.7 Å². The van der Waals surface area contributed by atoms with Gasteiger partial charge in [-0.05, 0) is 118 Å². The van der Waals surface area contributed by atoms with Crippen LogP contribution < -0.4 is 0 Å². The van der Waals surface area contributed by atoms with Crippen molar-refractivity contribution in [3.8, 4) is 52.9 Å². The standard InChI is InChI=1S/C58H70S2/c1-5-9-13-21-37-57(38-22-14-10-6-2)49-27-19-17-25-45(49)47-31-29-43(41-51(47)57)53-33-35-55(59-53)56-36-34-54(60-56)44-30-32-48-46-26-18-20-28-50(46)58(52(48)42-44,39-23-15-11-7-3)40-24-16-12-8-4/h17-20,25-36,41-42H,5-16,21-24,37-40H2,1-4H3. The van der Waals surface area contributed by atoms with Gasteiger partial charge < -0.3 is 0 Å². The minimum absolute atomic E-state index is 0.117.